The first-order chi connectivity index (χ1) is 8.77. The topological polar surface area (TPSA) is 29.3 Å². The van der Waals surface area contributed by atoms with Crippen molar-refractivity contribution in [1.82, 2.24) is 4.90 Å². The van der Waals surface area contributed by atoms with Crippen LogP contribution in [0.25, 0.3) is 0 Å². The number of rotatable bonds is 2. The Kier molecular flexibility index (Phi) is 3.72. The molecule has 3 rings (SSSR count). The van der Waals surface area contributed by atoms with E-state index in [0.717, 1.165) is 6.54 Å². The predicted octanol–water partition coefficient (Wildman–Crippen LogP) is 2.89. The minimum absolute atomic E-state index is 0.268. The molecule has 2 N–H and O–H groups in total. The summed E-state index contributed by atoms with van der Waals surface area (Å²) in [4.78, 5) is 4.30. The normalized spacial score (nSPS) is 28.0. The van der Waals surface area contributed by atoms with Crippen molar-refractivity contribution in [2.75, 3.05) is 24.6 Å². The molecular formula is C14H22N2S2. The van der Waals surface area contributed by atoms with E-state index < -0.39 is 0 Å². The molecule has 0 spiro atoms. The number of thiophene rings is 1. The minimum atomic E-state index is 0.268. The first kappa shape index (κ1) is 13.0. The van der Waals surface area contributed by atoms with Crippen molar-refractivity contribution >= 4 is 23.1 Å². The molecule has 1 saturated heterocycles. The van der Waals surface area contributed by atoms with Gasteiger partial charge in [0.15, 0.2) is 0 Å². The lowest BCUT2D eigenvalue weighted by atomic mass is 9.85. The maximum absolute atomic E-state index is 6.18. The van der Waals surface area contributed by atoms with E-state index in [-0.39, 0.29) is 5.54 Å². The van der Waals surface area contributed by atoms with Crippen molar-refractivity contribution in [3.63, 3.8) is 0 Å². The third-order valence-electron chi connectivity index (χ3n) is 4.69. The molecule has 2 aliphatic rings. The van der Waals surface area contributed by atoms with E-state index in [4.69, 9.17) is 5.73 Å². The van der Waals surface area contributed by atoms with Gasteiger partial charge in [0.2, 0.25) is 0 Å². The fraction of sp³-hybridized carbons (Fsp3) is 0.714. The zero-order chi connectivity index (χ0) is 12.6. The molecule has 4 heteroatoms. The smallest absolute Gasteiger partial charge is 0.0353 e. The van der Waals surface area contributed by atoms with E-state index in [1.165, 1.54) is 37.3 Å². The molecule has 1 fully saturated rings. The summed E-state index contributed by atoms with van der Waals surface area (Å²) < 4.78 is 0. The Morgan fingerprint density at radius 3 is 2.94 bits per heavy atom. The van der Waals surface area contributed by atoms with Gasteiger partial charge >= 0.3 is 0 Å². The number of hydrogen-bond acceptors (Lipinski definition) is 4. The van der Waals surface area contributed by atoms with Crippen molar-refractivity contribution in [3.05, 3.63) is 21.9 Å². The van der Waals surface area contributed by atoms with Crippen LogP contribution in [0, 0.1) is 0 Å². The van der Waals surface area contributed by atoms with E-state index in [1.54, 1.807) is 10.4 Å². The Morgan fingerprint density at radius 2 is 2.22 bits per heavy atom. The number of hydrogen-bond donors (Lipinski definition) is 1. The Hall–Kier alpha value is -0.0300. The monoisotopic (exact) mass is 282 g/mol. The van der Waals surface area contributed by atoms with Crippen LogP contribution in [-0.4, -0.2) is 35.0 Å². The van der Waals surface area contributed by atoms with Gasteiger partial charge in [0.1, 0.15) is 0 Å². The summed E-state index contributed by atoms with van der Waals surface area (Å²) >= 11 is 4.01. The molecule has 0 amide bonds. The van der Waals surface area contributed by atoms with Gasteiger partial charge in [0.25, 0.3) is 0 Å². The Labute approximate surface area is 118 Å². The molecule has 1 atom stereocenters. The SMILES string of the molecule is CC1c2ccsc2CCN1C1(CN)CCSCC1. The maximum Gasteiger partial charge on any atom is 0.0353 e. The molecule has 0 radical (unpaired) electrons. The van der Waals surface area contributed by atoms with Crippen LogP contribution < -0.4 is 5.73 Å². The molecule has 0 saturated carbocycles. The molecule has 0 aliphatic carbocycles. The Bertz CT molecular complexity index is 410. The molecule has 0 aromatic carbocycles. The summed E-state index contributed by atoms with van der Waals surface area (Å²) in [5.41, 5.74) is 8.00. The van der Waals surface area contributed by atoms with Crippen LogP contribution >= 0.6 is 23.1 Å². The average Bonchev–Trinajstić information content (AvgIpc) is 2.89. The van der Waals surface area contributed by atoms with Gasteiger partial charge in [-0.25, -0.2) is 0 Å². The summed E-state index contributed by atoms with van der Waals surface area (Å²) in [7, 11) is 0. The second-order valence-electron chi connectivity index (χ2n) is 5.46. The average molecular weight is 282 g/mol. The van der Waals surface area contributed by atoms with Crippen molar-refractivity contribution in [2.45, 2.75) is 37.8 Å². The van der Waals surface area contributed by atoms with Gasteiger partial charge < -0.3 is 5.73 Å². The van der Waals surface area contributed by atoms with E-state index >= 15 is 0 Å². The molecule has 100 valence electrons. The highest BCUT2D eigenvalue weighted by molar-refractivity contribution is 7.99. The maximum atomic E-state index is 6.18. The summed E-state index contributed by atoms with van der Waals surface area (Å²) in [5, 5.41) is 2.25. The molecule has 1 aromatic heterocycles. The number of fused-ring (bicyclic) bond motifs is 1. The molecule has 2 nitrogen and oxygen atoms in total. The summed E-state index contributed by atoms with van der Waals surface area (Å²) in [6.07, 6.45) is 3.74. The summed E-state index contributed by atoms with van der Waals surface area (Å²) in [5.74, 6) is 2.55. The van der Waals surface area contributed by atoms with Crippen LogP contribution in [0.5, 0.6) is 0 Å². The minimum Gasteiger partial charge on any atom is -0.329 e. The van der Waals surface area contributed by atoms with E-state index in [0.29, 0.717) is 6.04 Å². The lowest BCUT2D eigenvalue weighted by molar-refractivity contribution is 0.0404. The standard InChI is InChI=1S/C14H22N2S2/c1-11-12-3-7-18-13(12)2-6-16(11)14(10-15)4-8-17-9-5-14/h3,7,11H,2,4-6,8-10,15H2,1H3. The second kappa shape index (κ2) is 5.16. The summed E-state index contributed by atoms with van der Waals surface area (Å²) in [6, 6.07) is 2.87. The van der Waals surface area contributed by atoms with Gasteiger partial charge in [0.05, 0.1) is 0 Å². The molecule has 1 aromatic rings. The van der Waals surface area contributed by atoms with E-state index in [2.05, 4.69) is 35.0 Å². The third kappa shape index (κ3) is 2.03. The summed E-state index contributed by atoms with van der Waals surface area (Å²) in [6.45, 7) is 4.37. The Morgan fingerprint density at radius 1 is 1.44 bits per heavy atom. The van der Waals surface area contributed by atoms with Gasteiger partial charge in [-0.15, -0.1) is 11.3 Å². The van der Waals surface area contributed by atoms with E-state index in [9.17, 15) is 0 Å². The predicted molar refractivity (Wildman–Crippen MR) is 81.5 cm³/mol. The van der Waals surface area contributed by atoms with Gasteiger partial charge in [0, 0.05) is 29.5 Å². The third-order valence-corrected chi connectivity index (χ3v) is 6.67. The first-order valence-electron chi connectivity index (χ1n) is 6.88. The molecule has 2 aliphatic heterocycles. The zero-order valence-electron chi connectivity index (χ0n) is 11.0. The molecule has 3 heterocycles. The fourth-order valence-electron chi connectivity index (χ4n) is 3.52. The van der Waals surface area contributed by atoms with Crippen molar-refractivity contribution < 1.29 is 0 Å². The zero-order valence-corrected chi connectivity index (χ0v) is 12.7. The highest BCUT2D eigenvalue weighted by Gasteiger charge is 2.41. The molecule has 0 bridgehead atoms. The molecule has 1 unspecified atom stereocenters. The van der Waals surface area contributed by atoms with Gasteiger partial charge in [-0.3, -0.25) is 4.90 Å². The molecular weight excluding hydrogens is 260 g/mol. The number of nitrogens with two attached hydrogens (primary N) is 1. The Balaban J connectivity index is 1.88. The highest BCUT2D eigenvalue weighted by atomic mass is 32.2. The van der Waals surface area contributed by atoms with Crippen LogP contribution in [0.4, 0.5) is 0 Å². The van der Waals surface area contributed by atoms with Crippen LogP contribution in [0.3, 0.4) is 0 Å². The van der Waals surface area contributed by atoms with E-state index in [1.807, 2.05) is 11.3 Å². The first-order valence-corrected chi connectivity index (χ1v) is 8.91. The quantitative estimate of drug-likeness (QED) is 0.904. The largest absolute Gasteiger partial charge is 0.329 e. The fourth-order valence-corrected chi connectivity index (χ4v) is 5.73. The van der Waals surface area contributed by atoms with Gasteiger partial charge in [-0.05, 0) is 54.7 Å². The molecule has 18 heavy (non-hydrogen) atoms. The highest BCUT2D eigenvalue weighted by Crippen LogP contribution is 2.41. The van der Waals surface area contributed by atoms with Crippen LogP contribution in [-0.2, 0) is 6.42 Å². The van der Waals surface area contributed by atoms with Crippen molar-refractivity contribution in [3.8, 4) is 0 Å². The van der Waals surface area contributed by atoms with Crippen LogP contribution in [0.1, 0.15) is 36.2 Å². The lowest BCUT2D eigenvalue weighted by Gasteiger charge is -2.50. The number of nitrogens with zero attached hydrogens (tertiary/aromatic N) is 1. The van der Waals surface area contributed by atoms with Crippen molar-refractivity contribution in [1.29, 1.82) is 0 Å². The van der Waals surface area contributed by atoms with Crippen LogP contribution in [0.15, 0.2) is 11.4 Å². The van der Waals surface area contributed by atoms with Crippen molar-refractivity contribution in [2.24, 2.45) is 5.73 Å². The number of thioether (sulfide) groups is 1. The van der Waals surface area contributed by atoms with Gasteiger partial charge in [-0.2, -0.15) is 11.8 Å². The van der Waals surface area contributed by atoms with Gasteiger partial charge in [-0.1, -0.05) is 0 Å². The van der Waals surface area contributed by atoms with Crippen LogP contribution in [0.2, 0.25) is 0 Å². The second-order valence-corrected chi connectivity index (χ2v) is 7.68. The lowest BCUT2D eigenvalue weighted by Crippen LogP contribution is -2.58.